The molecule has 0 radical (unpaired) electrons. The highest BCUT2D eigenvalue weighted by Gasteiger charge is 2.32. The fourth-order valence-corrected chi connectivity index (χ4v) is 9.31. The standard InChI is InChI=1S/C65H62N4O5/c1-9-65(10-2,52-18-13-45(41-66)60(69)40-52)74-57-35-25-50(26-36-57)63(5,6)47-19-29-54(30-20-47)71-53-27-14-44(15-28-53)61(70)43-11-16-51(17-12-43)64(7,8)73-56-33-23-49(24-34-56)62(3,4)48-21-31-55(32-22-48)72-58-37-38-59(68)46(39-58)42-67/h11-40H,9-10,68-69H2,1-8H3. The van der Waals surface area contributed by atoms with Gasteiger partial charge in [0.1, 0.15) is 57.8 Å². The first-order chi connectivity index (χ1) is 35.4. The van der Waals surface area contributed by atoms with Crippen LogP contribution in [0, 0.1) is 22.7 Å². The van der Waals surface area contributed by atoms with Crippen molar-refractivity contribution in [1.82, 2.24) is 0 Å². The molecule has 0 atom stereocenters. The molecule has 0 saturated heterocycles. The first kappa shape index (κ1) is 51.6. The van der Waals surface area contributed by atoms with E-state index >= 15 is 0 Å². The molecule has 0 unspecified atom stereocenters. The normalized spacial score (nSPS) is 11.8. The van der Waals surface area contributed by atoms with Crippen LogP contribution in [0.15, 0.2) is 182 Å². The highest BCUT2D eigenvalue weighted by molar-refractivity contribution is 6.09. The van der Waals surface area contributed by atoms with Crippen molar-refractivity contribution in [3.8, 4) is 46.6 Å². The lowest BCUT2D eigenvalue weighted by molar-refractivity contribution is 0.0573. The summed E-state index contributed by atoms with van der Waals surface area (Å²) in [5.74, 6) is 3.93. The van der Waals surface area contributed by atoms with E-state index in [0.717, 1.165) is 57.7 Å². The van der Waals surface area contributed by atoms with Crippen LogP contribution in [0.4, 0.5) is 11.4 Å². The highest BCUT2D eigenvalue weighted by atomic mass is 16.5. The largest absolute Gasteiger partial charge is 0.483 e. The molecule has 0 bridgehead atoms. The first-order valence-corrected chi connectivity index (χ1v) is 24.9. The number of hydrogen-bond donors (Lipinski definition) is 2. The minimum absolute atomic E-state index is 0.0871. The molecule has 372 valence electrons. The van der Waals surface area contributed by atoms with Crippen LogP contribution in [0.3, 0.4) is 0 Å². The first-order valence-electron chi connectivity index (χ1n) is 24.9. The Kier molecular flexibility index (Phi) is 14.7. The Morgan fingerprint density at radius 3 is 1.22 bits per heavy atom. The van der Waals surface area contributed by atoms with Crippen LogP contribution in [0.5, 0.6) is 34.5 Å². The van der Waals surface area contributed by atoms with Gasteiger partial charge >= 0.3 is 0 Å². The van der Waals surface area contributed by atoms with Crippen molar-refractivity contribution in [3.63, 3.8) is 0 Å². The van der Waals surface area contributed by atoms with Crippen LogP contribution in [-0.2, 0) is 22.0 Å². The molecule has 9 heteroatoms. The maximum absolute atomic E-state index is 13.6. The second-order valence-electron chi connectivity index (χ2n) is 20.2. The van der Waals surface area contributed by atoms with Gasteiger partial charge < -0.3 is 30.4 Å². The van der Waals surface area contributed by atoms with Crippen molar-refractivity contribution in [2.75, 3.05) is 11.5 Å². The van der Waals surface area contributed by atoms with Gasteiger partial charge in [-0.1, -0.05) is 120 Å². The Balaban J connectivity index is 0.845. The van der Waals surface area contributed by atoms with E-state index in [4.69, 9.17) is 30.4 Å². The number of nitrogens with two attached hydrogens (primary N) is 2. The molecule has 0 amide bonds. The van der Waals surface area contributed by atoms with Gasteiger partial charge in [-0.05, 0) is 157 Å². The summed E-state index contributed by atoms with van der Waals surface area (Å²) in [6, 6.07) is 62.1. The summed E-state index contributed by atoms with van der Waals surface area (Å²) in [5.41, 5.74) is 19.4. The Bertz CT molecular complexity index is 3340. The summed E-state index contributed by atoms with van der Waals surface area (Å²) >= 11 is 0. The van der Waals surface area contributed by atoms with Crippen molar-refractivity contribution < 1.29 is 23.7 Å². The van der Waals surface area contributed by atoms with E-state index in [1.807, 2.05) is 123 Å². The smallest absolute Gasteiger partial charge is 0.193 e. The summed E-state index contributed by atoms with van der Waals surface area (Å²) in [5, 5.41) is 18.7. The van der Waals surface area contributed by atoms with Gasteiger partial charge in [0.25, 0.3) is 0 Å². The third kappa shape index (κ3) is 11.0. The van der Waals surface area contributed by atoms with Gasteiger partial charge in [0.2, 0.25) is 0 Å². The molecule has 0 aromatic heterocycles. The van der Waals surface area contributed by atoms with E-state index < -0.39 is 11.2 Å². The lowest BCUT2D eigenvalue weighted by atomic mass is 9.78. The maximum Gasteiger partial charge on any atom is 0.193 e. The maximum atomic E-state index is 13.6. The second-order valence-corrected chi connectivity index (χ2v) is 20.2. The van der Waals surface area contributed by atoms with E-state index in [-0.39, 0.29) is 16.6 Å². The van der Waals surface area contributed by atoms with Gasteiger partial charge in [0, 0.05) is 39.4 Å². The lowest BCUT2D eigenvalue weighted by Crippen LogP contribution is -2.32. The molecular weight excluding hydrogens is 917 g/mol. The Morgan fingerprint density at radius 1 is 0.419 bits per heavy atom. The SMILES string of the molecule is CCC(CC)(Oc1ccc(C(C)(C)c2ccc(Oc3ccc(C(=O)c4ccc(C(C)(C)Oc5ccc(C(C)(C)c6ccc(Oc7ccc(N)c(C#N)c7)cc6)cc5)cc4)cc3)cc2)cc1)c1ccc(C#N)c(N)c1. The Hall–Kier alpha value is -8.79. The number of nitriles is 2. The zero-order chi connectivity index (χ0) is 52.8. The van der Waals surface area contributed by atoms with E-state index in [1.54, 1.807) is 36.4 Å². The number of nitrogen functional groups attached to an aromatic ring is 2. The van der Waals surface area contributed by atoms with Crippen molar-refractivity contribution in [3.05, 3.63) is 238 Å². The molecule has 8 aromatic rings. The van der Waals surface area contributed by atoms with Crippen molar-refractivity contribution in [1.29, 1.82) is 10.5 Å². The van der Waals surface area contributed by atoms with Crippen LogP contribution < -0.4 is 30.4 Å². The molecule has 0 saturated carbocycles. The second kappa shape index (κ2) is 21.1. The monoisotopic (exact) mass is 978 g/mol. The summed E-state index contributed by atoms with van der Waals surface area (Å²) < 4.78 is 25.4. The van der Waals surface area contributed by atoms with Crippen LogP contribution in [0.1, 0.15) is 129 Å². The average Bonchev–Trinajstić information content (AvgIpc) is 3.41. The number of hydrogen-bond acceptors (Lipinski definition) is 9. The predicted molar refractivity (Wildman–Crippen MR) is 294 cm³/mol. The molecule has 0 aliphatic carbocycles. The quantitative estimate of drug-likeness (QED) is 0.0632. The van der Waals surface area contributed by atoms with Gasteiger partial charge in [0.05, 0.1) is 11.1 Å². The van der Waals surface area contributed by atoms with E-state index in [2.05, 4.69) is 90.1 Å². The minimum Gasteiger partial charge on any atom is -0.483 e. The fourth-order valence-electron chi connectivity index (χ4n) is 9.31. The highest BCUT2D eigenvalue weighted by Crippen LogP contribution is 2.40. The predicted octanol–water partition coefficient (Wildman–Crippen LogP) is 15.5. The molecule has 0 aliphatic rings. The van der Waals surface area contributed by atoms with Gasteiger partial charge in [0.15, 0.2) is 5.78 Å². The average molecular weight is 979 g/mol. The fraction of sp³-hybridized carbons (Fsp3) is 0.215. The molecule has 74 heavy (non-hydrogen) atoms. The van der Waals surface area contributed by atoms with Crippen LogP contribution in [0.25, 0.3) is 0 Å². The van der Waals surface area contributed by atoms with Crippen molar-refractivity contribution >= 4 is 17.2 Å². The van der Waals surface area contributed by atoms with Crippen molar-refractivity contribution in [2.24, 2.45) is 0 Å². The summed E-state index contributed by atoms with van der Waals surface area (Å²) in [7, 11) is 0. The number of nitrogens with zero attached hydrogens (tertiary/aromatic N) is 2. The summed E-state index contributed by atoms with van der Waals surface area (Å²) in [6.07, 6.45) is 1.47. The van der Waals surface area contributed by atoms with Gasteiger partial charge in [-0.15, -0.1) is 0 Å². The number of rotatable bonds is 18. The summed E-state index contributed by atoms with van der Waals surface area (Å²) in [6.45, 7) is 17.0. The molecule has 8 aromatic carbocycles. The third-order valence-corrected chi connectivity index (χ3v) is 14.4. The molecule has 0 aliphatic heterocycles. The minimum atomic E-state index is -0.677. The topological polar surface area (TPSA) is 154 Å². The number of carbonyl (C=O) groups excluding carboxylic acids is 1. The number of ketones is 1. The van der Waals surface area contributed by atoms with Crippen LogP contribution in [0.2, 0.25) is 0 Å². The zero-order valence-corrected chi connectivity index (χ0v) is 43.3. The number of benzene rings is 8. The molecule has 0 spiro atoms. The van der Waals surface area contributed by atoms with Crippen molar-refractivity contribution in [2.45, 2.75) is 90.3 Å². The third-order valence-electron chi connectivity index (χ3n) is 14.4. The number of ether oxygens (including phenoxy) is 4. The number of carbonyl (C=O) groups is 1. The van der Waals surface area contributed by atoms with Gasteiger partial charge in [-0.2, -0.15) is 10.5 Å². The molecule has 0 heterocycles. The number of anilines is 2. The Labute approximate surface area is 435 Å². The molecule has 0 fully saturated rings. The van der Waals surface area contributed by atoms with Crippen LogP contribution >= 0.6 is 0 Å². The molecule has 4 N–H and O–H groups in total. The summed E-state index contributed by atoms with van der Waals surface area (Å²) in [4.78, 5) is 13.6. The molecule has 9 nitrogen and oxygen atoms in total. The Morgan fingerprint density at radius 2 is 0.784 bits per heavy atom. The molecule has 8 rings (SSSR count). The van der Waals surface area contributed by atoms with Gasteiger partial charge in [-0.3, -0.25) is 4.79 Å². The van der Waals surface area contributed by atoms with Crippen LogP contribution in [-0.4, -0.2) is 5.78 Å². The van der Waals surface area contributed by atoms with E-state index in [0.29, 0.717) is 56.6 Å². The van der Waals surface area contributed by atoms with E-state index in [1.165, 1.54) is 0 Å². The lowest BCUT2D eigenvalue weighted by Gasteiger charge is -2.34. The molecular formula is C65H62N4O5. The zero-order valence-electron chi connectivity index (χ0n) is 43.3. The van der Waals surface area contributed by atoms with E-state index in [9.17, 15) is 15.3 Å². The van der Waals surface area contributed by atoms with Gasteiger partial charge in [-0.25, -0.2) is 0 Å².